The van der Waals surface area contributed by atoms with Gasteiger partial charge in [-0.15, -0.1) is 24.8 Å². The van der Waals surface area contributed by atoms with E-state index in [0.29, 0.717) is 43.9 Å². The van der Waals surface area contributed by atoms with Gasteiger partial charge in [0, 0.05) is 70.3 Å². The predicted molar refractivity (Wildman–Crippen MR) is 179 cm³/mol. The number of amides is 1. The molecule has 3 fully saturated rings. The van der Waals surface area contributed by atoms with Crippen molar-refractivity contribution in [1.29, 1.82) is 0 Å². The number of carbonyl (C=O) groups excluding carboxylic acids is 1. The van der Waals surface area contributed by atoms with Crippen LogP contribution in [0, 0.1) is 0 Å². The van der Waals surface area contributed by atoms with Crippen LogP contribution in [0.5, 0.6) is 11.8 Å². The lowest BCUT2D eigenvalue weighted by Gasteiger charge is -2.53. The quantitative estimate of drug-likeness (QED) is 0.292. The van der Waals surface area contributed by atoms with E-state index in [1.165, 1.54) is 11.1 Å². The molecule has 3 heterocycles. The zero-order valence-corrected chi connectivity index (χ0v) is 28.0. The number of benzene rings is 2. The number of nitrogens with zero attached hydrogens (tertiary/aromatic N) is 5. The van der Waals surface area contributed by atoms with Crippen molar-refractivity contribution in [3.05, 3.63) is 83.2 Å². The molecule has 3 aliphatic rings. The fraction of sp³-hybridized carbons (Fsp3) is 0.500. The first kappa shape index (κ1) is 34.9. The van der Waals surface area contributed by atoms with Gasteiger partial charge in [0.1, 0.15) is 12.4 Å². The molecule has 2 atom stereocenters. The normalized spacial score (nSPS) is 20.1. The number of halogens is 2. The van der Waals surface area contributed by atoms with E-state index in [2.05, 4.69) is 70.5 Å². The predicted octanol–water partition coefficient (Wildman–Crippen LogP) is 4.78. The van der Waals surface area contributed by atoms with E-state index < -0.39 is 0 Å². The highest BCUT2D eigenvalue weighted by molar-refractivity contribution is 5.85. The first-order valence-electron chi connectivity index (χ1n) is 15.5. The third-order valence-corrected chi connectivity index (χ3v) is 8.94. The highest BCUT2D eigenvalue weighted by Crippen LogP contribution is 2.41. The van der Waals surface area contributed by atoms with Gasteiger partial charge >= 0.3 is 0 Å². The summed E-state index contributed by atoms with van der Waals surface area (Å²) >= 11 is 0. The molecule has 1 saturated carbocycles. The van der Waals surface area contributed by atoms with Crippen LogP contribution in [0.2, 0.25) is 0 Å². The fourth-order valence-corrected chi connectivity index (χ4v) is 6.80. The van der Waals surface area contributed by atoms with Gasteiger partial charge in [-0.2, -0.15) is 9.97 Å². The van der Waals surface area contributed by atoms with Crippen LogP contribution in [-0.4, -0.2) is 103 Å². The van der Waals surface area contributed by atoms with Gasteiger partial charge in [-0.25, -0.2) is 0 Å². The average Bonchev–Trinajstić information content (AvgIpc) is 3.89. The minimum Gasteiger partial charge on any atom is -0.481 e. The van der Waals surface area contributed by atoms with Crippen molar-refractivity contribution in [2.45, 2.75) is 50.2 Å². The van der Waals surface area contributed by atoms with Crippen molar-refractivity contribution in [3.8, 4) is 11.8 Å². The van der Waals surface area contributed by atoms with Crippen LogP contribution in [0.3, 0.4) is 0 Å². The van der Waals surface area contributed by atoms with Gasteiger partial charge in [-0.05, 0) is 30.9 Å². The van der Waals surface area contributed by atoms with E-state index in [-0.39, 0.29) is 55.3 Å². The summed E-state index contributed by atoms with van der Waals surface area (Å²) in [5.41, 5.74) is 3.48. The van der Waals surface area contributed by atoms with Crippen LogP contribution in [0.15, 0.2) is 60.7 Å². The summed E-state index contributed by atoms with van der Waals surface area (Å²) < 4.78 is 17.2. The molecule has 1 aliphatic carbocycles. The Balaban J connectivity index is 0.00000230. The summed E-state index contributed by atoms with van der Waals surface area (Å²) in [7, 11) is 3.26. The Morgan fingerprint density at radius 3 is 2.11 bits per heavy atom. The van der Waals surface area contributed by atoms with Gasteiger partial charge in [0.05, 0.1) is 19.3 Å². The van der Waals surface area contributed by atoms with Gasteiger partial charge < -0.3 is 19.1 Å². The molecule has 0 bridgehead atoms. The smallest absolute Gasteiger partial charge is 0.248 e. The number of aromatic nitrogens is 2. The molecule has 1 amide bonds. The molecule has 0 N–H and O–H groups in total. The molecule has 0 radical (unpaired) electrons. The summed E-state index contributed by atoms with van der Waals surface area (Å²) in [6.07, 6.45) is 2.22. The summed E-state index contributed by atoms with van der Waals surface area (Å²) in [5.74, 6) is 2.64. The Kier molecular flexibility index (Phi) is 12.5. The molecule has 0 spiro atoms. The first-order chi connectivity index (χ1) is 21.1. The molecule has 11 heteroatoms. The van der Waals surface area contributed by atoms with Gasteiger partial charge in [0.25, 0.3) is 0 Å². The maximum absolute atomic E-state index is 12.9. The SMILES string of the molecule is CCOc1nc(C2CC2)nc(OC)c1CN1C[C@@H]2CN(C(=O)COC)CCN2[C@H](C(c2ccccc2)c2ccccc2)C1.Cl.Cl. The number of carbonyl (C=O) groups is 1. The monoisotopic (exact) mass is 657 g/mol. The average molecular weight is 659 g/mol. The Morgan fingerprint density at radius 1 is 0.889 bits per heavy atom. The lowest BCUT2D eigenvalue weighted by molar-refractivity contribution is -0.140. The zero-order chi connectivity index (χ0) is 29.8. The number of ether oxygens (including phenoxy) is 3. The number of rotatable bonds is 11. The van der Waals surface area contributed by atoms with Crippen molar-refractivity contribution in [2.24, 2.45) is 0 Å². The van der Waals surface area contributed by atoms with Gasteiger partial charge in [0.15, 0.2) is 0 Å². The molecular formula is C34H45Cl2N5O4. The molecule has 2 aromatic carbocycles. The van der Waals surface area contributed by atoms with Crippen molar-refractivity contribution < 1.29 is 19.0 Å². The first-order valence-corrected chi connectivity index (χ1v) is 15.5. The van der Waals surface area contributed by atoms with Gasteiger partial charge in [0.2, 0.25) is 17.7 Å². The maximum Gasteiger partial charge on any atom is 0.248 e. The van der Waals surface area contributed by atoms with Gasteiger partial charge in [-0.1, -0.05) is 60.7 Å². The summed E-state index contributed by atoms with van der Waals surface area (Å²) in [4.78, 5) is 29.7. The minimum absolute atomic E-state index is 0. The second kappa shape index (κ2) is 16.1. The van der Waals surface area contributed by atoms with Crippen LogP contribution < -0.4 is 9.47 Å². The number of methoxy groups -OCH3 is 2. The van der Waals surface area contributed by atoms with E-state index in [0.717, 1.165) is 43.9 Å². The Bertz CT molecular complexity index is 1340. The second-order valence-corrected chi connectivity index (χ2v) is 11.8. The van der Waals surface area contributed by atoms with E-state index in [1.54, 1.807) is 14.2 Å². The number of fused-ring (bicyclic) bond motifs is 1. The lowest BCUT2D eigenvalue weighted by Crippen LogP contribution is -2.67. The van der Waals surface area contributed by atoms with E-state index >= 15 is 0 Å². The molecule has 45 heavy (non-hydrogen) atoms. The van der Waals surface area contributed by atoms with E-state index in [4.69, 9.17) is 24.2 Å². The van der Waals surface area contributed by atoms with Gasteiger partial charge in [-0.3, -0.25) is 14.6 Å². The zero-order valence-electron chi connectivity index (χ0n) is 26.3. The third kappa shape index (κ3) is 7.89. The molecule has 2 aliphatic heterocycles. The largest absolute Gasteiger partial charge is 0.481 e. The molecule has 2 saturated heterocycles. The Labute approximate surface area is 279 Å². The summed E-state index contributed by atoms with van der Waals surface area (Å²) in [6, 6.07) is 22.0. The topological polar surface area (TPSA) is 80.3 Å². The third-order valence-electron chi connectivity index (χ3n) is 8.94. The molecule has 6 rings (SSSR count). The second-order valence-electron chi connectivity index (χ2n) is 11.8. The van der Waals surface area contributed by atoms with Crippen molar-refractivity contribution in [2.75, 3.05) is 60.2 Å². The Morgan fingerprint density at radius 2 is 1.53 bits per heavy atom. The maximum atomic E-state index is 12.9. The van der Waals surface area contributed by atoms with Crippen molar-refractivity contribution in [1.82, 2.24) is 24.7 Å². The molecule has 3 aromatic rings. The number of piperazine rings is 2. The fourth-order valence-electron chi connectivity index (χ4n) is 6.80. The minimum atomic E-state index is 0. The van der Waals surface area contributed by atoms with Crippen LogP contribution in [0.25, 0.3) is 0 Å². The van der Waals surface area contributed by atoms with Crippen LogP contribution in [0.4, 0.5) is 0 Å². The Hall–Kier alpha value is -2.95. The highest BCUT2D eigenvalue weighted by Gasteiger charge is 2.43. The number of hydrogen-bond acceptors (Lipinski definition) is 8. The molecule has 244 valence electrons. The summed E-state index contributed by atoms with van der Waals surface area (Å²) in [6.45, 7) is 7.06. The van der Waals surface area contributed by atoms with Crippen LogP contribution >= 0.6 is 24.8 Å². The van der Waals surface area contributed by atoms with E-state index in [9.17, 15) is 4.79 Å². The van der Waals surface area contributed by atoms with Crippen molar-refractivity contribution >= 4 is 30.7 Å². The standard InChI is InChI=1S/C34H43N5O4.2ClH/c1-4-43-34-28(33(42-3)35-32(36-34)26-15-16-26)21-37-19-27-20-38(30(40)23-41-2)17-18-39(27)29(22-37)31(24-11-7-5-8-12-24)25-13-9-6-10-14-25;;/h5-14,26-27,29,31H,4,15-23H2,1-3H3;2*1H/t27-,29+;;/m1../s1. The highest BCUT2D eigenvalue weighted by atomic mass is 35.5. The molecule has 9 nitrogen and oxygen atoms in total. The lowest BCUT2D eigenvalue weighted by atomic mass is 9.81. The van der Waals surface area contributed by atoms with Crippen LogP contribution in [0.1, 0.15) is 54.1 Å². The molecular weight excluding hydrogens is 613 g/mol. The molecule has 0 unspecified atom stereocenters. The number of hydrogen-bond donors (Lipinski definition) is 0. The molecule has 1 aromatic heterocycles. The van der Waals surface area contributed by atoms with Crippen molar-refractivity contribution in [3.63, 3.8) is 0 Å². The van der Waals surface area contributed by atoms with Crippen LogP contribution in [-0.2, 0) is 16.1 Å². The summed E-state index contributed by atoms with van der Waals surface area (Å²) in [5, 5.41) is 0. The van der Waals surface area contributed by atoms with E-state index in [1.807, 2.05) is 11.8 Å².